The van der Waals surface area contributed by atoms with Crippen LogP contribution < -0.4 is 5.73 Å². The molecule has 0 bridgehead atoms. The number of nitrogens with two attached hydrogens (primary N) is 1. The largest absolute Gasteiger partial charge is 0.361 e. The van der Waals surface area contributed by atoms with Gasteiger partial charge in [0.05, 0.1) is 23.6 Å². The highest BCUT2D eigenvalue weighted by atomic mass is 16.2. The Morgan fingerprint density at radius 2 is 2.00 bits per heavy atom. The summed E-state index contributed by atoms with van der Waals surface area (Å²) >= 11 is 0. The van der Waals surface area contributed by atoms with Gasteiger partial charge in [0.15, 0.2) is 0 Å². The average Bonchev–Trinajstić information content (AvgIpc) is 3.11. The number of hydrogen-bond donors (Lipinski definition) is 2. The maximum Gasteiger partial charge on any atom is 0.274 e. The molecule has 1 saturated heterocycles. The van der Waals surface area contributed by atoms with Gasteiger partial charge in [-0.2, -0.15) is 0 Å². The summed E-state index contributed by atoms with van der Waals surface area (Å²) in [6.45, 7) is 1.37. The lowest BCUT2D eigenvalue weighted by atomic mass is 10.1. The Kier molecular flexibility index (Phi) is 3.74. The van der Waals surface area contributed by atoms with Gasteiger partial charge in [0.1, 0.15) is 5.69 Å². The Morgan fingerprint density at radius 1 is 1.17 bits per heavy atom. The molecule has 1 aromatic carbocycles. The van der Waals surface area contributed by atoms with Gasteiger partial charge in [-0.25, -0.2) is 4.98 Å². The van der Waals surface area contributed by atoms with E-state index in [9.17, 15) is 4.79 Å². The van der Waals surface area contributed by atoms with Gasteiger partial charge >= 0.3 is 0 Å². The lowest BCUT2D eigenvalue weighted by Gasteiger charge is -2.29. The number of amides is 1. The molecular formula is C18H19N5O. The zero-order valence-corrected chi connectivity index (χ0v) is 13.3. The second-order valence-electron chi connectivity index (χ2n) is 6.16. The Bertz CT molecular complexity index is 863. The van der Waals surface area contributed by atoms with Crippen molar-refractivity contribution in [3.63, 3.8) is 0 Å². The second-order valence-corrected chi connectivity index (χ2v) is 6.16. The van der Waals surface area contributed by atoms with E-state index < -0.39 is 0 Å². The zero-order chi connectivity index (χ0) is 16.5. The van der Waals surface area contributed by atoms with Gasteiger partial charge in [-0.3, -0.25) is 9.78 Å². The summed E-state index contributed by atoms with van der Waals surface area (Å²) in [6.07, 6.45) is 6.81. The van der Waals surface area contributed by atoms with Gasteiger partial charge in [0.25, 0.3) is 5.91 Å². The number of H-pyrrole nitrogens is 1. The normalized spacial score (nSPS) is 15.8. The fraction of sp³-hybridized carbons (Fsp3) is 0.278. The molecule has 0 radical (unpaired) electrons. The first-order chi connectivity index (χ1) is 11.7. The van der Waals surface area contributed by atoms with Crippen molar-refractivity contribution >= 4 is 16.8 Å². The number of para-hydroxylation sites is 1. The van der Waals surface area contributed by atoms with Crippen LogP contribution in [-0.2, 0) is 0 Å². The molecule has 6 nitrogen and oxygen atoms in total. The smallest absolute Gasteiger partial charge is 0.274 e. The van der Waals surface area contributed by atoms with Gasteiger partial charge in [0.2, 0.25) is 0 Å². The molecule has 3 N–H and O–H groups in total. The molecule has 0 saturated carbocycles. The number of nitrogens with zero attached hydrogens (tertiary/aromatic N) is 3. The number of fused-ring (bicyclic) bond motifs is 1. The minimum Gasteiger partial charge on any atom is -0.361 e. The fourth-order valence-electron chi connectivity index (χ4n) is 3.14. The van der Waals surface area contributed by atoms with E-state index in [0.29, 0.717) is 18.8 Å². The fourth-order valence-corrected chi connectivity index (χ4v) is 3.14. The van der Waals surface area contributed by atoms with Crippen LogP contribution >= 0.6 is 0 Å². The van der Waals surface area contributed by atoms with Crippen LogP contribution in [0.2, 0.25) is 0 Å². The zero-order valence-electron chi connectivity index (χ0n) is 13.3. The molecule has 1 amide bonds. The average molecular weight is 321 g/mol. The summed E-state index contributed by atoms with van der Waals surface area (Å²) < 4.78 is 0. The van der Waals surface area contributed by atoms with Gasteiger partial charge in [-0.1, -0.05) is 18.2 Å². The van der Waals surface area contributed by atoms with Crippen molar-refractivity contribution in [3.05, 3.63) is 48.5 Å². The first-order valence-corrected chi connectivity index (χ1v) is 8.16. The van der Waals surface area contributed by atoms with E-state index in [1.165, 1.54) is 0 Å². The maximum atomic E-state index is 12.5. The predicted molar refractivity (Wildman–Crippen MR) is 92.4 cm³/mol. The first kappa shape index (κ1) is 14.8. The Hall–Kier alpha value is -2.73. The standard InChI is InChI=1S/C18H19N5O/c19-13-5-8-23(9-6-13)18(24)16-11-21-15(10-22-16)14-3-1-2-12-4-7-20-17(12)14/h1-4,7,10-11,13,20H,5-6,8-9,19H2. The highest BCUT2D eigenvalue weighted by Crippen LogP contribution is 2.25. The predicted octanol–water partition coefficient (Wildman–Crippen LogP) is 2.19. The Balaban J connectivity index is 1.59. The third kappa shape index (κ3) is 2.65. The minimum absolute atomic E-state index is 0.0703. The van der Waals surface area contributed by atoms with Crippen LogP contribution in [0.1, 0.15) is 23.3 Å². The quantitative estimate of drug-likeness (QED) is 0.757. The van der Waals surface area contributed by atoms with E-state index in [2.05, 4.69) is 15.0 Å². The maximum absolute atomic E-state index is 12.5. The topological polar surface area (TPSA) is 87.9 Å². The molecule has 3 heterocycles. The lowest BCUT2D eigenvalue weighted by molar-refractivity contribution is 0.0708. The number of aromatic amines is 1. The van der Waals surface area contributed by atoms with Crippen LogP contribution in [0.5, 0.6) is 0 Å². The number of aromatic nitrogens is 3. The molecule has 3 aromatic rings. The van der Waals surface area contributed by atoms with Gasteiger partial charge in [-0.05, 0) is 18.9 Å². The van der Waals surface area contributed by atoms with Crippen LogP contribution in [0.4, 0.5) is 0 Å². The Labute approximate surface area is 139 Å². The van der Waals surface area contributed by atoms with E-state index in [4.69, 9.17) is 5.73 Å². The Morgan fingerprint density at radius 3 is 2.75 bits per heavy atom. The molecule has 122 valence electrons. The van der Waals surface area contributed by atoms with Crippen LogP contribution in [-0.4, -0.2) is 44.9 Å². The monoisotopic (exact) mass is 321 g/mol. The number of hydrogen-bond acceptors (Lipinski definition) is 4. The molecule has 0 atom stereocenters. The molecule has 6 heteroatoms. The number of carbonyl (C=O) groups is 1. The van der Waals surface area contributed by atoms with E-state index in [1.54, 1.807) is 17.3 Å². The van der Waals surface area contributed by atoms with Crippen LogP contribution in [0.3, 0.4) is 0 Å². The van der Waals surface area contributed by atoms with Crippen molar-refractivity contribution in [3.8, 4) is 11.3 Å². The van der Waals surface area contributed by atoms with Crippen LogP contribution in [0.15, 0.2) is 42.9 Å². The number of rotatable bonds is 2. The highest BCUT2D eigenvalue weighted by molar-refractivity contribution is 5.94. The summed E-state index contributed by atoms with van der Waals surface area (Å²) in [7, 11) is 0. The van der Waals surface area contributed by atoms with Crippen molar-refractivity contribution in [2.45, 2.75) is 18.9 Å². The summed E-state index contributed by atoms with van der Waals surface area (Å²) in [4.78, 5) is 26.3. The summed E-state index contributed by atoms with van der Waals surface area (Å²) in [5, 5.41) is 1.12. The van der Waals surface area contributed by atoms with E-state index in [1.807, 2.05) is 30.5 Å². The minimum atomic E-state index is -0.0703. The third-order valence-corrected chi connectivity index (χ3v) is 4.56. The second kappa shape index (κ2) is 6.05. The first-order valence-electron chi connectivity index (χ1n) is 8.16. The SMILES string of the molecule is NC1CCN(C(=O)c2cnc(-c3cccc4cc[nH]c34)cn2)CC1. The number of piperidine rings is 1. The van der Waals surface area contributed by atoms with Crippen molar-refractivity contribution in [1.29, 1.82) is 0 Å². The molecule has 4 rings (SSSR count). The molecule has 1 aliphatic heterocycles. The molecule has 1 fully saturated rings. The van der Waals surface area contributed by atoms with Crippen molar-refractivity contribution < 1.29 is 4.79 Å². The van der Waals surface area contributed by atoms with Crippen molar-refractivity contribution in [2.75, 3.05) is 13.1 Å². The molecule has 2 aromatic heterocycles. The van der Waals surface area contributed by atoms with Gasteiger partial charge in [-0.15, -0.1) is 0 Å². The van der Waals surface area contributed by atoms with Crippen LogP contribution in [0, 0.1) is 0 Å². The van der Waals surface area contributed by atoms with Crippen LogP contribution in [0.25, 0.3) is 22.2 Å². The molecular weight excluding hydrogens is 302 g/mol. The van der Waals surface area contributed by atoms with E-state index >= 15 is 0 Å². The molecule has 0 unspecified atom stereocenters. The lowest BCUT2D eigenvalue weighted by Crippen LogP contribution is -2.43. The number of carbonyl (C=O) groups excluding carboxylic acids is 1. The van der Waals surface area contributed by atoms with Crippen molar-refractivity contribution in [1.82, 2.24) is 19.9 Å². The summed E-state index contributed by atoms with van der Waals surface area (Å²) in [6, 6.07) is 8.25. The number of likely N-dealkylation sites (tertiary alicyclic amines) is 1. The van der Waals surface area contributed by atoms with Crippen molar-refractivity contribution in [2.24, 2.45) is 5.73 Å². The molecule has 24 heavy (non-hydrogen) atoms. The molecule has 0 spiro atoms. The highest BCUT2D eigenvalue weighted by Gasteiger charge is 2.22. The van der Waals surface area contributed by atoms with Gasteiger partial charge in [0, 0.05) is 36.3 Å². The summed E-state index contributed by atoms with van der Waals surface area (Å²) in [5.41, 5.74) is 9.02. The number of benzene rings is 1. The third-order valence-electron chi connectivity index (χ3n) is 4.56. The molecule has 0 aliphatic carbocycles. The van der Waals surface area contributed by atoms with E-state index in [0.717, 1.165) is 35.0 Å². The van der Waals surface area contributed by atoms with E-state index in [-0.39, 0.29) is 11.9 Å². The van der Waals surface area contributed by atoms with Gasteiger partial charge < -0.3 is 15.6 Å². The number of nitrogens with one attached hydrogen (secondary N) is 1. The summed E-state index contributed by atoms with van der Waals surface area (Å²) in [5.74, 6) is -0.0703. The molecule has 1 aliphatic rings.